The maximum atomic E-state index is 14.9. The molecule has 15 heteroatoms. The van der Waals surface area contributed by atoms with Gasteiger partial charge in [-0.3, -0.25) is 14.4 Å². The van der Waals surface area contributed by atoms with Gasteiger partial charge in [0.2, 0.25) is 17.7 Å². The minimum atomic E-state index is -3.11. The first-order chi connectivity index (χ1) is 22.4. The van der Waals surface area contributed by atoms with Crippen LogP contribution in [0.3, 0.4) is 0 Å². The lowest BCUT2D eigenvalue weighted by Crippen LogP contribution is -2.41. The van der Waals surface area contributed by atoms with Gasteiger partial charge in [0, 0.05) is 36.1 Å². The van der Waals surface area contributed by atoms with E-state index in [0.29, 0.717) is 6.07 Å². The summed E-state index contributed by atoms with van der Waals surface area (Å²) in [6, 6.07) is 4.30. The van der Waals surface area contributed by atoms with Crippen LogP contribution < -0.4 is 31.6 Å². The molecule has 0 aliphatic heterocycles. The van der Waals surface area contributed by atoms with Gasteiger partial charge in [0.25, 0.3) is 5.91 Å². The molecule has 2 aliphatic rings. The van der Waals surface area contributed by atoms with Crippen LogP contribution in [0.5, 0.6) is 11.5 Å². The van der Waals surface area contributed by atoms with E-state index in [1.807, 2.05) is 0 Å². The van der Waals surface area contributed by atoms with E-state index in [0.717, 1.165) is 37.8 Å². The van der Waals surface area contributed by atoms with Gasteiger partial charge in [-0.05, 0) is 61.8 Å². The van der Waals surface area contributed by atoms with Gasteiger partial charge in [0.05, 0.1) is 18.7 Å². The first-order valence-electron chi connectivity index (χ1n) is 15.2. The molecule has 5 rings (SSSR count). The topological polar surface area (TPSA) is 172 Å². The Morgan fingerprint density at radius 2 is 1.77 bits per heavy atom. The summed E-state index contributed by atoms with van der Waals surface area (Å²) in [7, 11) is 0. The van der Waals surface area contributed by atoms with Crippen molar-refractivity contribution >= 4 is 17.7 Å². The monoisotopic (exact) mass is 661 g/mol. The molecule has 252 valence electrons. The Morgan fingerprint density at radius 3 is 2.40 bits per heavy atom. The summed E-state index contributed by atoms with van der Waals surface area (Å²) in [6.07, 6.45) is 4.02. The van der Waals surface area contributed by atoms with Crippen molar-refractivity contribution in [3.05, 3.63) is 65.1 Å². The zero-order chi connectivity index (χ0) is 33.8. The van der Waals surface area contributed by atoms with Crippen molar-refractivity contribution in [2.75, 3.05) is 13.2 Å². The van der Waals surface area contributed by atoms with Crippen molar-refractivity contribution in [2.45, 2.75) is 63.6 Å². The van der Waals surface area contributed by atoms with Gasteiger partial charge in [-0.2, -0.15) is 8.78 Å². The third kappa shape index (κ3) is 8.78. The second-order valence-electron chi connectivity index (χ2n) is 11.9. The Hall–Kier alpha value is -4.66. The normalized spacial score (nSPS) is 16.3. The Morgan fingerprint density at radius 1 is 1.04 bits per heavy atom. The Kier molecular flexibility index (Phi) is 10.3. The van der Waals surface area contributed by atoms with Crippen LogP contribution in [-0.4, -0.2) is 48.5 Å². The largest absolute Gasteiger partial charge is 0.489 e. The van der Waals surface area contributed by atoms with Crippen molar-refractivity contribution in [3.63, 3.8) is 0 Å². The number of nitrogens with zero attached hydrogens (tertiary/aromatic N) is 1. The Labute approximate surface area is 267 Å². The number of ether oxygens (including phenoxy) is 2. The van der Waals surface area contributed by atoms with E-state index in [-0.39, 0.29) is 77.3 Å². The first-order valence-corrected chi connectivity index (χ1v) is 15.2. The molecule has 3 aromatic rings. The van der Waals surface area contributed by atoms with E-state index in [9.17, 15) is 31.9 Å². The molecule has 2 aromatic carbocycles. The zero-order valence-corrected chi connectivity index (χ0v) is 25.4. The SMILES string of the molecule is C[C@H](c1oc(-c2ccc(OC(F)F)c(OCC3CC3)c2)nc1C(=O)N[C@@H](CNC(=O)CC1CC1)c1ccc(F)cc1F)C(N)C(N)=O. The molecule has 1 unspecified atom stereocenters. The number of carbonyl (C=O) groups is 3. The lowest BCUT2D eigenvalue weighted by Gasteiger charge is -2.21. The fraction of sp³-hybridized carbons (Fsp3) is 0.438. The predicted molar refractivity (Wildman–Crippen MR) is 159 cm³/mol. The number of aromatic nitrogens is 1. The van der Waals surface area contributed by atoms with Gasteiger partial charge in [-0.15, -0.1) is 0 Å². The fourth-order valence-corrected chi connectivity index (χ4v) is 4.90. The maximum absolute atomic E-state index is 14.9. The van der Waals surface area contributed by atoms with Gasteiger partial charge in [-0.1, -0.05) is 13.0 Å². The predicted octanol–water partition coefficient (Wildman–Crippen LogP) is 4.31. The number of alkyl halides is 2. The van der Waals surface area contributed by atoms with E-state index in [1.54, 1.807) is 0 Å². The van der Waals surface area contributed by atoms with E-state index in [4.69, 9.17) is 20.6 Å². The van der Waals surface area contributed by atoms with Gasteiger partial charge >= 0.3 is 6.61 Å². The van der Waals surface area contributed by atoms with Crippen LogP contribution in [-0.2, 0) is 9.59 Å². The molecule has 1 heterocycles. The molecular weight excluding hydrogens is 626 g/mol. The Balaban J connectivity index is 1.48. The summed E-state index contributed by atoms with van der Waals surface area (Å²) < 4.78 is 71.1. The molecule has 3 atom stereocenters. The molecule has 0 bridgehead atoms. The average molecular weight is 662 g/mol. The van der Waals surface area contributed by atoms with E-state index in [1.165, 1.54) is 25.1 Å². The van der Waals surface area contributed by atoms with Crippen molar-refractivity contribution in [3.8, 4) is 23.0 Å². The molecule has 0 saturated heterocycles. The van der Waals surface area contributed by atoms with Gasteiger partial charge in [-0.25, -0.2) is 13.8 Å². The van der Waals surface area contributed by atoms with Gasteiger partial charge < -0.3 is 36.0 Å². The Bertz CT molecular complexity index is 1630. The molecule has 0 radical (unpaired) electrons. The number of hydrogen-bond donors (Lipinski definition) is 4. The van der Waals surface area contributed by atoms with Crippen LogP contribution in [0.1, 0.15) is 72.8 Å². The number of rotatable bonds is 16. The van der Waals surface area contributed by atoms with Crippen LogP contribution >= 0.6 is 0 Å². The van der Waals surface area contributed by atoms with Crippen molar-refractivity contribution < 1.29 is 45.8 Å². The number of primary amides is 1. The highest BCUT2D eigenvalue weighted by Crippen LogP contribution is 2.38. The zero-order valence-electron chi connectivity index (χ0n) is 25.4. The number of nitrogens with two attached hydrogens (primary N) is 2. The molecule has 0 spiro atoms. The highest BCUT2D eigenvalue weighted by Gasteiger charge is 2.33. The third-order valence-electron chi connectivity index (χ3n) is 8.04. The smallest absolute Gasteiger partial charge is 0.387 e. The number of amides is 3. The first kappa shape index (κ1) is 33.7. The lowest BCUT2D eigenvalue weighted by molar-refractivity contribution is -0.121. The van der Waals surface area contributed by atoms with Crippen molar-refractivity contribution in [2.24, 2.45) is 23.3 Å². The second-order valence-corrected chi connectivity index (χ2v) is 11.9. The van der Waals surface area contributed by atoms with Crippen LogP contribution in [0, 0.1) is 23.5 Å². The third-order valence-corrected chi connectivity index (χ3v) is 8.04. The minimum absolute atomic E-state index is 0.00359. The molecule has 3 amide bonds. The summed E-state index contributed by atoms with van der Waals surface area (Å²) in [5.41, 5.74) is 11.2. The van der Waals surface area contributed by atoms with Crippen molar-refractivity contribution in [1.82, 2.24) is 15.6 Å². The number of benzene rings is 2. The molecule has 2 aliphatic carbocycles. The molecular formula is C32H35F4N5O6. The van der Waals surface area contributed by atoms with Gasteiger partial charge in [0.15, 0.2) is 17.2 Å². The maximum Gasteiger partial charge on any atom is 0.387 e. The van der Waals surface area contributed by atoms with E-state index >= 15 is 0 Å². The highest BCUT2D eigenvalue weighted by atomic mass is 19.3. The summed E-state index contributed by atoms with van der Waals surface area (Å²) >= 11 is 0. The quantitative estimate of drug-likeness (QED) is 0.165. The minimum Gasteiger partial charge on any atom is -0.489 e. The van der Waals surface area contributed by atoms with Crippen LogP contribution in [0.4, 0.5) is 17.6 Å². The molecule has 2 saturated carbocycles. The summed E-state index contributed by atoms with van der Waals surface area (Å²) in [6.45, 7) is -1.59. The highest BCUT2D eigenvalue weighted by molar-refractivity contribution is 5.94. The average Bonchev–Trinajstić information content (AvgIpc) is 3.96. The summed E-state index contributed by atoms with van der Waals surface area (Å²) in [5.74, 6) is -4.82. The standard InChI is InChI=1S/C32H35F4N5O6/c1-15(26(37)29(38)43)28-27(41-31(47-28)18-6-9-23(46-32(35)36)24(11-18)45-14-17-4-5-17)30(44)40-22(13-39-25(42)10-16-2-3-16)20-8-7-19(33)12-21(20)34/h6-9,11-12,15-17,22,26,32H,2-5,10,13-14,37H2,1H3,(H2,38,43)(H,39,42)(H,40,44)/t15-,22-,26?/m0/s1. The fourth-order valence-electron chi connectivity index (χ4n) is 4.90. The number of oxazole rings is 1. The molecule has 1 aromatic heterocycles. The second kappa shape index (κ2) is 14.4. The molecule has 2 fully saturated rings. The van der Waals surface area contributed by atoms with Gasteiger partial charge in [0.1, 0.15) is 17.4 Å². The number of nitrogens with one attached hydrogen (secondary N) is 2. The lowest BCUT2D eigenvalue weighted by atomic mass is 9.97. The summed E-state index contributed by atoms with van der Waals surface area (Å²) in [5, 5.41) is 5.30. The molecule has 6 N–H and O–H groups in total. The number of hydrogen-bond acceptors (Lipinski definition) is 8. The number of carbonyl (C=O) groups excluding carboxylic acids is 3. The van der Waals surface area contributed by atoms with E-state index in [2.05, 4.69) is 20.4 Å². The van der Waals surface area contributed by atoms with Crippen molar-refractivity contribution in [1.29, 1.82) is 0 Å². The number of halogens is 4. The van der Waals surface area contributed by atoms with E-state index < -0.39 is 48.1 Å². The van der Waals surface area contributed by atoms with Crippen LogP contribution in [0.15, 0.2) is 40.8 Å². The molecule has 47 heavy (non-hydrogen) atoms. The molecule has 11 nitrogen and oxygen atoms in total. The van der Waals surface area contributed by atoms with Crippen LogP contribution in [0.25, 0.3) is 11.5 Å². The summed E-state index contributed by atoms with van der Waals surface area (Å²) in [4.78, 5) is 42.5. The van der Waals surface area contributed by atoms with Crippen LogP contribution in [0.2, 0.25) is 0 Å².